The van der Waals surface area contributed by atoms with Gasteiger partial charge >= 0.3 is 5.97 Å². The fraction of sp³-hybridized carbons (Fsp3) is 0.471. The molecule has 0 aliphatic carbocycles. The van der Waals surface area contributed by atoms with Gasteiger partial charge in [-0.1, -0.05) is 25.1 Å². The molecule has 1 atom stereocenters. The summed E-state index contributed by atoms with van der Waals surface area (Å²) >= 11 is 0. The van der Waals surface area contributed by atoms with Gasteiger partial charge < -0.3 is 14.9 Å². The van der Waals surface area contributed by atoms with E-state index in [9.17, 15) is 14.4 Å². The molecule has 0 unspecified atom stereocenters. The molecule has 0 spiro atoms. The van der Waals surface area contributed by atoms with E-state index in [1.54, 1.807) is 18.9 Å². The average molecular weight is 318 g/mol. The summed E-state index contributed by atoms with van der Waals surface area (Å²) in [7, 11) is 1.59. The first-order valence-corrected chi connectivity index (χ1v) is 7.75. The Morgan fingerprint density at radius 2 is 2.00 bits per heavy atom. The van der Waals surface area contributed by atoms with Crippen molar-refractivity contribution in [2.45, 2.75) is 26.2 Å². The number of aryl methyl sites for hydroxylation is 1. The summed E-state index contributed by atoms with van der Waals surface area (Å²) in [6, 6.07) is 7.72. The molecule has 0 bridgehead atoms. The summed E-state index contributed by atoms with van der Waals surface area (Å²) in [5, 5.41) is 8.90. The topological polar surface area (TPSA) is 77.9 Å². The minimum atomic E-state index is -0.926. The van der Waals surface area contributed by atoms with Crippen molar-refractivity contribution >= 4 is 23.5 Å². The van der Waals surface area contributed by atoms with Crippen LogP contribution in [0.15, 0.2) is 24.3 Å². The number of fused-ring (bicyclic) bond motifs is 1. The van der Waals surface area contributed by atoms with E-state index in [4.69, 9.17) is 5.11 Å². The van der Waals surface area contributed by atoms with E-state index in [0.29, 0.717) is 13.0 Å². The molecule has 1 aliphatic rings. The second kappa shape index (κ2) is 7.26. The SMILES string of the molecule is C[C@H](CN(C)C(=O)CCN1C(=O)CCc2ccccc21)C(=O)O. The summed E-state index contributed by atoms with van der Waals surface area (Å²) in [5.74, 6) is -1.67. The number of anilines is 1. The quantitative estimate of drug-likeness (QED) is 0.863. The van der Waals surface area contributed by atoms with Crippen molar-refractivity contribution in [3.05, 3.63) is 29.8 Å². The largest absolute Gasteiger partial charge is 0.481 e. The monoisotopic (exact) mass is 318 g/mol. The fourth-order valence-electron chi connectivity index (χ4n) is 2.73. The Bertz CT molecular complexity index is 614. The smallest absolute Gasteiger partial charge is 0.308 e. The van der Waals surface area contributed by atoms with Gasteiger partial charge in [-0.25, -0.2) is 0 Å². The molecule has 0 saturated heterocycles. The highest BCUT2D eigenvalue weighted by molar-refractivity contribution is 5.97. The molecule has 1 aromatic rings. The molecule has 0 radical (unpaired) electrons. The van der Waals surface area contributed by atoms with Gasteiger partial charge in [-0.2, -0.15) is 0 Å². The van der Waals surface area contributed by atoms with Gasteiger partial charge in [0, 0.05) is 38.7 Å². The van der Waals surface area contributed by atoms with Gasteiger partial charge in [-0.15, -0.1) is 0 Å². The number of carbonyl (C=O) groups excluding carboxylic acids is 2. The van der Waals surface area contributed by atoms with E-state index in [1.165, 1.54) is 4.90 Å². The van der Waals surface area contributed by atoms with E-state index in [0.717, 1.165) is 17.7 Å². The van der Waals surface area contributed by atoms with Crippen LogP contribution in [-0.2, 0) is 20.8 Å². The summed E-state index contributed by atoms with van der Waals surface area (Å²) in [6.45, 7) is 2.05. The zero-order chi connectivity index (χ0) is 17.0. The number of hydrogen-bond acceptors (Lipinski definition) is 3. The van der Waals surface area contributed by atoms with Gasteiger partial charge in [0.2, 0.25) is 11.8 Å². The Morgan fingerprint density at radius 1 is 1.30 bits per heavy atom. The van der Waals surface area contributed by atoms with Crippen molar-refractivity contribution < 1.29 is 19.5 Å². The van der Waals surface area contributed by atoms with Crippen LogP contribution in [0.3, 0.4) is 0 Å². The average Bonchev–Trinajstić information content (AvgIpc) is 2.53. The number of aliphatic carboxylic acids is 1. The Kier molecular flexibility index (Phi) is 5.36. The highest BCUT2D eigenvalue weighted by Crippen LogP contribution is 2.27. The van der Waals surface area contributed by atoms with Crippen LogP contribution in [0.4, 0.5) is 5.69 Å². The number of carboxylic acid groups (broad SMARTS) is 1. The highest BCUT2D eigenvalue weighted by Gasteiger charge is 2.25. The molecular formula is C17H22N2O4. The minimum absolute atomic E-state index is 0.0260. The zero-order valence-corrected chi connectivity index (χ0v) is 13.5. The number of benzene rings is 1. The third-order valence-corrected chi connectivity index (χ3v) is 4.14. The van der Waals surface area contributed by atoms with Gasteiger partial charge in [-0.3, -0.25) is 14.4 Å². The molecule has 1 N–H and O–H groups in total. The number of hydrogen-bond donors (Lipinski definition) is 1. The van der Waals surface area contributed by atoms with Crippen molar-refractivity contribution in [1.82, 2.24) is 4.90 Å². The number of carbonyl (C=O) groups is 3. The van der Waals surface area contributed by atoms with Crippen LogP contribution in [-0.4, -0.2) is 47.9 Å². The molecule has 2 rings (SSSR count). The van der Waals surface area contributed by atoms with Crippen LogP contribution in [0.2, 0.25) is 0 Å². The van der Waals surface area contributed by atoms with Gasteiger partial charge in [0.05, 0.1) is 5.92 Å². The highest BCUT2D eigenvalue weighted by atomic mass is 16.4. The van der Waals surface area contributed by atoms with E-state index < -0.39 is 11.9 Å². The molecule has 2 amide bonds. The summed E-state index contributed by atoms with van der Waals surface area (Å²) in [4.78, 5) is 38.2. The van der Waals surface area contributed by atoms with E-state index in [1.807, 2.05) is 24.3 Å². The Balaban J connectivity index is 1.96. The van der Waals surface area contributed by atoms with Gasteiger partial charge in [-0.05, 0) is 18.1 Å². The van der Waals surface area contributed by atoms with E-state index in [2.05, 4.69) is 0 Å². The lowest BCUT2D eigenvalue weighted by Crippen LogP contribution is -2.39. The molecule has 0 aromatic heterocycles. The first kappa shape index (κ1) is 17.0. The van der Waals surface area contributed by atoms with Crippen LogP contribution in [0.25, 0.3) is 0 Å². The maximum Gasteiger partial charge on any atom is 0.308 e. The van der Waals surface area contributed by atoms with E-state index >= 15 is 0 Å². The number of amides is 2. The summed E-state index contributed by atoms with van der Waals surface area (Å²) in [5.41, 5.74) is 1.99. The lowest BCUT2D eigenvalue weighted by molar-refractivity contribution is -0.142. The molecular weight excluding hydrogens is 296 g/mol. The summed E-state index contributed by atoms with van der Waals surface area (Å²) < 4.78 is 0. The van der Waals surface area contributed by atoms with Gasteiger partial charge in [0.15, 0.2) is 0 Å². The van der Waals surface area contributed by atoms with Crippen molar-refractivity contribution in [2.75, 3.05) is 25.0 Å². The van der Waals surface area contributed by atoms with Crippen LogP contribution in [0.5, 0.6) is 0 Å². The number of nitrogens with zero attached hydrogens (tertiary/aromatic N) is 2. The maximum atomic E-state index is 12.2. The number of rotatable bonds is 6. The van der Waals surface area contributed by atoms with Crippen LogP contribution >= 0.6 is 0 Å². The third-order valence-electron chi connectivity index (χ3n) is 4.14. The van der Waals surface area contributed by atoms with Crippen LogP contribution < -0.4 is 4.90 Å². The normalized spacial score (nSPS) is 15.0. The predicted molar refractivity (Wildman–Crippen MR) is 86.2 cm³/mol. The predicted octanol–water partition coefficient (Wildman–Crippen LogP) is 1.53. The zero-order valence-electron chi connectivity index (χ0n) is 13.5. The summed E-state index contributed by atoms with van der Waals surface area (Å²) in [6.07, 6.45) is 1.37. The fourth-order valence-corrected chi connectivity index (χ4v) is 2.73. The van der Waals surface area contributed by atoms with Crippen LogP contribution in [0, 0.1) is 5.92 Å². The van der Waals surface area contributed by atoms with Crippen LogP contribution in [0.1, 0.15) is 25.3 Å². The minimum Gasteiger partial charge on any atom is -0.481 e. The molecule has 23 heavy (non-hydrogen) atoms. The molecule has 1 aromatic carbocycles. The second-order valence-corrected chi connectivity index (χ2v) is 5.94. The molecule has 1 heterocycles. The van der Waals surface area contributed by atoms with Crippen molar-refractivity contribution in [3.8, 4) is 0 Å². The molecule has 6 heteroatoms. The third kappa shape index (κ3) is 4.09. The van der Waals surface area contributed by atoms with Crippen molar-refractivity contribution in [1.29, 1.82) is 0 Å². The van der Waals surface area contributed by atoms with Crippen molar-refractivity contribution in [2.24, 2.45) is 5.92 Å². The molecule has 0 saturated carbocycles. The first-order chi connectivity index (χ1) is 10.9. The molecule has 6 nitrogen and oxygen atoms in total. The Labute approximate surface area is 135 Å². The number of para-hydroxylation sites is 1. The molecule has 124 valence electrons. The van der Waals surface area contributed by atoms with E-state index in [-0.39, 0.29) is 24.8 Å². The standard InChI is InChI=1S/C17H22N2O4/c1-12(17(22)23)11-18(2)15(20)9-10-19-14-6-4-3-5-13(14)7-8-16(19)21/h3-6,12H,7-11H2,1-2H3,(H,22,23)/t12-/m1/s1. The second-order valence-electron chi connectivity index (χ2n) is 5.94. The lowest BCUT2D eigenvalue weighted by atomic mass is 10.0. The molecule has 1 aliphatic heterocycles. The molecule has 0 fully saturated rings. The number of carboxylic acids is 1. The maximum absolute atomic E-state index is 12.2. The van der Waals surface area contributed by atoms with Gasteiger partial charge in [0.25, 0.3) is 0 Å². The Morgan fingerprint density at radius 3 is 2.70 bits per heavy atom. The van der Waals surface area contributed by atoms with Gasteiger partial charge in [0.1, 0.15) is 0 Å². The van der Waals surface area contributed by atoms with Crippen molar-refractivity contribution in [3.63, 3.8) is 0 Å². The Hall–Kier alpha value is -2.37. The lowest BCUT2D eigenvalue weighted by Gasteiger charge is -2.30. The first-order valence-electron chi connectivity index (χ1n) is 7.75.